The van der Waals surface area contributed by atoms with Crippen LogP contribution < -0.4 is 10.5 Å². The van der Waals surface area contributed by atoms with Crippen LogP contribution in [0.3, 0.4) is 0 Å². The maximum atomic E-state index is 6.29. The summed E-state index contributed by atoms with van der Waals surface area (Å²) in [5.74, 6) is 0.862. The molecule has 1 atom stereocenters. The van der Waals surface area contributed by atoms with Crippen molar-refractivity contribution in [1.82, 2.24) is 9.78 Å². The SMILES string of the molecule is CCn1nc(C)c(Cl)c1COc1ccc2c(c1)CC[C@@H]2N. The van der Waals surface area contributed by atoms with Gasteiger partial charge in [0.1, 0.15) is 12.4 Å². The molecule has 1 aromatic carbocycles. The third-order valence-corrected chi connectivity index (χ3v) is 4.56. The number of hydrogen-bond acceptors (Lipinski definition) is 3. The summed E-state index contributed by atoms with van der Waals surface area (Å²) < 4.78 is 7.79. The number of halogens is 1. The van der Waals surface area contributed by atoms with Gasteiger partial charge in [-0.05, 0) is 49.9 Å². The van der Waals surface area contributed by atoms with Gasteiger partial charge < -0.3 is 10.5 Å². The predicted molar refractivity (Wildman–Crippen MR) is 83.7 cm³/mol. The Balaban J connectivity index is 1.77. The van der Waals surface area contributed by atoms with Crippen LogP contribution in [0.5, 0.6) is 5.75 Å². The molecule has 0 saturated heterocycles. The van der Waals surface area contributed by atoms with E-state index >= 15 is 0 Å². The van der Waals surface area contributed by atoms with Crippen LogP contribution in [0.4, 0.5) is 0 Å². The highest BCUT2D eigenvalue weighted by molar-refractivity contribution is 6.31. The van der Waals surface area contributed by atoms with E-state index in [1.54, 1.807) is 0 Å². The normalized spacial score (nSPS) is 17.0. The van der Waals surface area contributed by atoms with E-state index < -0.39 is 0 Å². The number of aromatic nitrogens is 2. The lowest BCUT2D eigenvalue weighted by molar-refractivity contribution is 0.292. The first-order valence-corrected chi connectivity index (χ1v) is 7.71. The van der Waals surface area contributed by atoms with Crippen molar-refractivity contribution in [3.63, 3.8) is 0 Å². The molecule has 0 fully saturated rings. The molecule has 5 heteroatoms. The smallest absolute Gasteiger partial charge is 0.131 e. The second-order valence-electron chi connectivity index (χ2n) is 5.46. The summed E-state index contributed by atoms with van der Waals surface area (Å²) in [5, 5.41) is 5.09. The lowest BCUT2D eigenvalue weighted by Gasteiger charge is -2.10. The van der Waals surface area contributed by atoms with Gasteiger partial charge in [0.05, 0.1) is 16.4 Å². The van der Waals surface area contributed by atoms with Crippen molar-refractivity contribution in [1.29, 1.82) is 0 Å². The van der Waals surface area contributed by atoms with Crippen LogP contribution >= 0.6 is 11.6 Å². The van der Waals surface area contributed by atoms with E-state index in [0.29, 0.717) is 11.6 Å². The summed E-state index contributed by atoms with van der Waals surface area (Å²) in [6.07, 6.45) is 2.05. The Hall–Kier alpha value is -1.52. The van der Waals surface area contributed by atoms with Crippen molar-refractivity contribution < 1.29 is 4.74 Å². The fraction of sp³-hybridized carbons (Fsp3) is 0.438. The first-order valence-electron chi connectivity index (χ1n) is 7.33. The van der Waals surface area contributed by atoms with Crippen molar-refractivity contribution in [2.24, 2.45) is 5.73 Å². The maximum Gasteiger partial charge on any atom is 0.131 e. The van der Waals surface area contributed by atoms with Crippen LogP contribution in [0.2, 0.25) is 5.02 Å². The molecule has 1 aromatic heterocycles. The highest BCUT2D eigenvalue weighted by Gasteiger charge is 2.19. The number of fused-ring (bicyclic) bond motifs is 1. The molecule has 0 saturated carbocycles. The monoisotopic (exact) mass is 305 g/mol. The first kappa shape index (κ1) is 14.4. The van der Waals surface area contributed by atoms with Gasteiger partial charge in [-0.3, -0.25) is 4.68 Å². The van der Waals surface area contributed by atoms with E-state index in [0.717, 1.165) is 36.5 Å². The zero-order valence-corrected chi connectivity index (χ0v) is 13.2. The maximum absolute atomic E-state index is 6.29. The lowest BCUT2D eigenvalue weighted by atomic mass is 10.1. The van der Waals surface area contributed by atoms with Gasteiger partial charge in [-0.25, -0.2) is 0 Å². The fourth-order valence-corrected chi connectivity index (χ4v) is 3.07. The molecule has 1 aliphatic rings. The number of nitrogens with two attached hydrogens (primary N) is 1. The average Bonchev–Trinajstić information content (AvgIpc) is 2.98. The molecule has 1 aliphatic carbocycles. The topological polar surface area (TPSA) is 53.1 Å². The molecule has 0 radical (unpaired) electrons. The van der Waals surface area contributed by atoms with Crippen molar-refractivity contribution >= 4 is 11.6 Å². The number of benzene rings is 1. The molecule has 0 aliphatic heterocycles. The minimum absolute atomic E-state index is 0.174. The number of aryl methyl sites for hydroxylation is 3. The second kappa shape index (κ2) is 5.70. The third-order valence-electron chi connectivity index (χ3n) is 4.07. The minimum Gasteiger partial charge on any atom is -0.487 e. The molecule has 0 unspecified atom stereocenters. The number of ether oxygens (including phenoxy) is 1. The van der Waals surface area contributed by atoms with Crippen molar-refractivity contribution in [2.45, 2.75) is 45.9 Å². The van der Waals surface area contributed by atoms with E-state index in [2.05, 4.69) is 17.2 Å². The number of rotatable bonds is 4. The summed E-state index contributed by atoms with van der Waals surface area (Å²) in [6.45, 7) is 5.17. The van der Waals surface area contributed by atoms with Crippen LogP contribution in [-0.4, -0.2) is 9.78 Å². The standard InChI is InChI=1S/C16H20ClN3O/c1-3-20-15(16(17)10(2)19-20)9-21-12-5-6-13-11(8-12)4-7-14(13)18/h5-6,8,14H,3-4,7,9,18H2,1-2H3/t14-/m0/s1. The predicted octanol–water partition coefficient (Wildman–Crippen LogP) is 3.39. The molecule has 2 aromatic rings. The Morgan fingerprint density at radius 3 is 3.05 bits per heavy atom. The zero-order chi connectivity index (χ0) is 15.0. The highest BCUT2D eigenvalue weighted by Crippen LogP contribution is 2.32. The van der Waals surface area contributed by atoms with E-state index in [1.807, 2.05) is 24.6 Å². The Labute approximate surface area is 129 Å². The van der Waals surface area contributed by atoms with Gasteiger partial charge in [0.2, 0.25) is 0 Å². The Morgan fingerprint density at radius 1 is 1.48 bits per heavy atom. The largest absolute Gasteiger partial charge is 0.487 e. The molecule has 0 spiro atoms. The summed E-state index contributed by atoms with van der Waals surface area (Å²) in [7, 11) is 0. The summed E-state index contributed by atoms with van der Waals surface area (Å²) in [6, 6.07) is 6.33. The Morgan fingerprint density at radius 2 is 2.29 bits per heavy atom. The van der Waals surface area contributed by atoms with Gasteiger partial charge in [0.15, 0.2) is 0 Å². The van der Waals surface area contributed by atoms with Crippen molar-refractivity contribution in [3.8, 4) is 5.75 Å². The van der Waals surface area contributed by atoms with Crippen molar-refractivity contribution in [3.05, 3.63) is 45.7 Å². The van der Waals surface area contributed by atoms with Gasteiger partial charge in [0, 0.05) is 12.6 Å². The zero-order valence-electron chi connectivity index (χ0n) is 12.4. The number of nitrogens with zero attached hydrogens (tertiary/aromatic N) is 2. The molecule has 4 nitrogen and oxygen atoms in total. The van der Waals surface area contributed by atoms with Gasteiger partial charge in [-0.1, -0.05) is 17.7 Å². The molecule has 0 amide bonds. The minimum atomic E-state index is 0.174. The van der Waals surface area contributed by atoms with Crippen LogP contribution in [0, 0.1) is 6.92 Å². The van der Waals surface area contributed by atoms with E-state index in [-0.39, 0.29) is 6.04 Å². The van der Waals surface area contributed by atoms with Crippen LogP contribution in [0.1, 0.15) is 41.9 Å². The average molecular weight is 306 g/mol. The second-order valence-corrected chi connectivity index (χ2v) is 5.83. The Bertz CT molecular complexity index is 666. The summed E-state index contributed by atoms with van der Waals surface area (Å²) in [5.41, 5.74) is 10.4. The molecule has 0 bridgehead atoms. The summed E-state index contributed by atoms with van der Waals surface area (Å²) in [4.78, 5) is 0. The molecular formula is C16H20ClN3O. The summed E-state index contributed by atoms with van der Waals surface area (Å²) >= 11 is 6.29. The van der Waals surface area contributed by atoms with Gasteiger partial charge in [-0.15, -0.1) is 0 Å². The van der Waals surface area contributed by atoms with E-state index in [4.69, 9.17) is 22.1 Å². The molecule has 112 valence electrons. The van der Waals surface area contributed by atoms with Crippen LogP contribution in [-0.2, 0) is 19.6 Å². The lowest BCUT2D eigenvalue weighted by Crippen LogP contribution is -2.07. The molecule has 21 heavy (non-hydrogen) atoms. The third kappa shape index (κ3) is 2.65. The van der Waals surface area contributed by atoms with E-state index in [1.165, 1.54) is 11.1 Å². The number of hydrogen-bond donors (Lipinski definition) is 1. The quantitative estimate of drug-likeness (QED) is 0.942. The van der Waals surface area contributed by atoms with Gasteiger partial charge in [-0.2, -0.15) is 5.10 Å². The molecule has 3 rings (SSSR count). The van der Waals surface area contributed by atoms with Crippen molar-refractivity contribution in [2.75, 3.05) is 0 Å². The highest BCUT2D eigenvalue weighted by atomic mass is 35.5. The molecule has 1 heterocycles. The van der Waals surface area contributed by atoms with Gasteiger partial charge >= 0.3 is 0 Å². The van der Waals surface area contributed by atoms with Crippen LogP contribution in [0.25, 0.3) is 0 Å². The molecule has 2 N–H and O–H groups in total. The van der Waals surface area contributed by atoms with Gasteiger partial charge in [0.25, 0.3) is 0 Å². The molecular weight excluding hydrogens is 286 g/mol. The fourth-order valence-electron chi connectivity index (χ4n) is 2.88. The first-order chi connectivity index (χ1) is 10.1. The van der Waals surface area contributed by atoms with E-state index in [9.17, 15) is 0 Å². The Kier molecular flexibility index (Phi) is 3.91. The van der Waals surface area contributed by atoms with Crippen LogP contribution in [0.15, 0.2) is 18.2 Å².